The van der Waals surface area contributed by atoms with Crippen LogP contribution in [0, 0.1) is 5.92 Å². The van der Waals surface area contributed by atoms with Gasteiger partial charge >= 0.3 is 0 Å². The van der Waals surface area contributed by atoms with E-state index in [4.69, 9.17) is 16.3 Å². The molecule has 2 rings (SSSR count). The van der Waals surface area contributed by atoms with Gasteiger partial charge in [-0.15, -0.1) is 0 Å². The van der Waals surface area contributed by atoms with Gasteiger partial charge in [0.15, 0.2) is 5.78 Å². The standard InChI is InChI=1S/C16H20ClNO3/c1-12(16(20)18-7-2-9-21-10-8-18)11-15(19)13-3-5-14(17)6-4-13/h3-6,12H,2,7-11H2,1H3/t12-/m0/s1. The first kappa shape index (κ1) is 16.0. The second-order valence-electron chi connectivity index (χ2n) is 5.33. The van der Waals surface area contributed by atoms with E-state index in [1.165, 1.54) is 0 Å². The first-order valence-corrected chi connectivity index (χ1v) is 7.61. The number of carbonyl (C=O) groups excluding carboxylic acids is 2. The van der Waals surface area contributed by atoms with Crippen LogP contribution in [0.3, 0.4) is 0 Å². The molecule has 0 unspecified atom stereocenters. The maximum absolute atomic E-state index is 12.4. The molecule has 1 aromatic carbocycles. The molecule has 0 bridgehead atoms. The van der Waals surface area contributed by atoms with Crippen molar-refractivity contribution in [2.45, 2.75) is 19.8 Å². The van der Waals surface area contributed by atoms with Crippen molar-refractivity contribution in [3.63, 3.8) is 0 Å². The largest absolute Gasteiger partial charge is 0.380 e. The lowest BCUT2D eigenvalue weighted by molar-refractivity contribution is -0.135. The fourth-order valence-corrected chi connectivity index (χ4v) is 2.52. The van der Waals surface area contributed by atoms with Crippen LogP contribution in [0.15, 0.2) is 24.3 Å². The predicted octanol–water partition coefficient (Wildman–Crippen LogP) is 2.80. The normalized spacial score (nSPS) is 17.1. The lowest BCUT2D eigenvalue weighted by Gasteiger charge is -2.23. The summed E-state index contributed by atoms with van der Waals surface area (Å²) in [5.74, 6) is -0.312. The Bertz CT molecular complexity index is 493. The van der Waals surface area contributed by atoms with Gasteiger partial charge in [0.2, 0.25) is 5.91 Å². The minimum absolute atomic E-state index is 0.0291. The molecule has 0 radical (unpaired) electrons. The van der Waals surface area contributed by atoms with Crippen molar-refractivity contribution in [3.8, 4) is 0 Å². The smallest absolute Gasteiger partial charge is 0.225 e. The summed E-state index contributed by atoms with van der Waals surface area (Å²) in [6.45, 7) is 4.39. The van der Waals surface area contributed by atoms with E-state index in [9.17, 15) is 9.59 Å². The molecule has 5 heteroatoms. The average Bonchev–Trinajstić information content (AvgIpc) is 2.76. The predicted molar refractivity (Wildman–Crippen MR) is 81.6 cm³/mol. The van der Waals surface area contributed by atoms with Crippen LogP contribution in [0.5, 0.6) is 0 Å². The van der Waals surface area contributed by atoms with Crippen LogP contribution < -0.4 is 0 Å². The van der Waals surface area contributed by atoms with Crippen molar-refractivity contribution >= 4 is 23.3 Å². The highest BCUT2D eigenvalue weighted by molar-refractivity contribution is 6.30. The zero-order valence-corrected chi connectivity index (χ0v) is 12.9. The molecule has 1 heterocycles. The third kappa shape index (κ3) is 4.55. The van der Waals surface area contributed by atoms with Crippen molar-refractivity contribution in [1.82, 2.24) is 4.90 Å². The summed E-state index contributed by atoms with van der Waals surface area (Å²) in [6, 6.07) is 6.77. The summed E-state index contributed by atoms with van der Waals surface area (Å²) in [5, 5.41) is 0.597. The number of Topliss-reactive ketones (excluding diaryl/α,β-unsaturated/α-hetero) is 1. The number of benzene rings is 1. The molecule has 1 saturated heterocycles. The van der Waals surface area contributed by atoms with Crippen LogP contribution >= 0.6 is 11.6 Å². The zero-order valence-electron chi connectivity index (χ0n) is 12.2. The Morgan fingerprint density at radius 1 is 1.24 bits per heavy atom. The first-order valence-electron chi connectivity index (χ1n) is 7.23. The Morgan fingerprint density at radius 2 is 1.95 bits per heavy atom. The van der Waals surface area contributed by atoms with Crippen molar-refractivity contribution in [3.05, 3.63) is 34.9 Å². The lowest BCUT2D eigenvalue weighted by Crippen LogP contribution is -2.37. The van der Waals surface area contributed by atoms with Gasteiger partial charge in [0.1, 0.15) is 0 Å². The average molecular weight is 310 g/mol. The molecule has 1 aliphatic heterocycles. The topological polar surface area (TPSA) is 46.6 Å². The van der Waals surface area contributed by atoms with E-state index in [1.807, 2.05) is 6.92 Å². The van der Waals surface area contributed by atoms with Gasteiger partial charge in [-0.2, -0.15) is 0 Å². The van der Waals surface area contributed by atoms with Gasteiger partial charge in [0.05, 0.1) is 6.61 Å². The Hall–Kier alpha value is -1.39. The van der Waals surface area contributed by atoms with Gasteiger partial charge in [-0.05, 0) is 30.7 Å². The van der Waals surface area contributed by atoms with E-state index in [0.717, 1.165) is 6.42 Å². The van der Waals surface area contributed by atoms with Gasteiger partial charge in [-0.1, -0.05) is 18.5 Å². The number of amides is 1. The van der Waals surface area contributed by atoms with E-state index in [2.05, 4.69) is 0 Å². The maximum Gasteiger partial charge on any atom is 0.225 e. The van der Waals surface area contributed by atoms with Crippen molar-refractivity contribution in [2.24, 2.45) is 5.92 Å². The molecule has 1 aliphatic rings. The van der Waals surface area contributed by atoms with Crippen LogP contribution in [-0.4, -0.2) is 42.9 Å². The zero-order chi connectivity index (χ0) is 15.2. The molecule has 1 fully saturated rings. The fourth-order valence-electron chi connectivity index (χ4n) is 2.40. The fraction of sp³-hybridized carbons (Fsp3) is 0.500. The Kier molecular flexibility index (Phi) is 5.76. The molecule has 0 saturated carbocycles. The summed E-state index contributed by atoms with van der Waals surface area (Å²) in [4.78, 5) is 26.4. The molecular weight excluding hydrogens is 290 g/mol. The number of hydrogen-bond donors (Lipinski definition) is 0. The summed E-state index contributed by atoms with van der Waals surface area (Å²) in [5.41, 5.74) is 0.596. The molecule has 1 aromatic rings. The van der Waals surface area contributed by atoms with Crippen LogP contribution in [0.1, 0.15) is 30.1 Å². The van der Waals surface area contributed by atoms with Crippen molar-refractivity contribution in [2.75, 3.05) is 26.3 Å². The van der Waals surface area contributed by atoms with Crippen LogP contribution in [0.25, 0.3) is 0 Å². The number of nitrogens with zero attached hydrogens (tertiary/aromatic N) is 1. The van der Waals surface area contributed by atoms with Crippen LogP contribution in [0.2, 0.25) is 5.02 Å². The Balaban J connectivity index is 1.93. The lowest BCUT2D eigenvalue weighted by atomic mass is 9.98. The third-order valence-corrected chi connectivity index (χ3v) is 3.87. The third-order valence-electron chi connectivity index (χ3n) is 3.61. The van der Waals surface area contributed by atoms with Crippen molar-refractivity contribution in [1.29, 1.82) is 0 Å². The summed E-state index contributed by atoms with van der Waals surface area (Å²) < 4.78 is 5.34. The molecule has 0 aromatic heterocycles. The number of rotatable bonds is 4. The molecular formula is C16H20ClNO3. The minimum atomic E-state index is -0.314. The van der Waals surface area contributed by atoms with Crippen LogP contribution in [0.4, 0.5) is 0 Å². The highest BCUT2D eigenvalue weighted by atomic mass is 35.5. The highest BCUT2D eigenvalue weighted by Crippen LogP contribution is 2.16. The van der Waals surface area contributed by atoms with E-state index in [0.29, 0.717) is 36.9 Å². The quantitative estimate of drug-likeness (QED) is 0.804. The van der Waals surface area contributed by atoms with E-state index >= 15 is 0 Å². The van der Waals surface area contributed by atoms with E-state index in [-0.39, 0.29) is 24.0 Å². The Morgan fingerprint density at radius 3 is 2.67 bits per heavy atom. The number of carbonyl (C=O) groups is 2. The highest BCUT2D eigenvalue weighted by Gasteiger charge is 2.24. The SMILES string of the molecule is C[C@@H](CC(=O)c1ccc(Cl)cc1)C(=O)N1CCCOCC1. The van der Waals surface area contributed by atoms with Gasteiger partial charge < -0.3 is 9.64 Å². The second kappa shape index (κ2) is 7.57. The number of ketones is 1. The monoisotopic (exact) mass is 309 g/mol. The minimum Gasteiger partial charge on any atom is -0.380 e. The number of hydrogen-bond acceptors (Lipinski definition) is 3. The molecule has 1 atom stereocenters. The van der Waals surface area contributed by atoms with Gasteiger partial charge in [-0.3, -0.25) is 9.59 Å². The van der Waals surface area contributed by atoms with Crippen molar-refractivity contribution < 1.29 is 14.3 Å². The van der Waals surface area contributed by atoms with Gasteiger partial charge in [0.25, 0.3) is 0 Å². The van der Waals surface area contributed by atoms with Gasteiger partial charge in [0, 0.05) is 42.6 Å². The van der Waals surface area contributed by atoms with Gasteiger partial charge in [-0.25, -0.2) is 0 Å². The van der Waals surface area contributed by atoms with E-state index < -0.39 is 0 Å². The molecule has 0 spiro atoms. The van der Waals surface area contributed by atoms with Crippen LogP contribution in [-0.2, 0) is 9.53 Å². The molecule has 21 heavy (non-hydrogen) atoms. The summed E-state index contributed by atoms with van der Waals surface area (Å²) in [6.07, 6.45) is 1.07. The Labute approximate surface area is 130 Å². The molecule has 0 N–H and O–H groups in total. The number of ether oxygens (including phenoxy) is 1. The molecule has 1 amide bonds. The first-order chi connectivity index (χ1) is 10.1. The van der Waals surface area contributed by atoms with E-state index in [1.54, 1.807) is 29.2 Å². The molecule has 4 nitrogen and oxygen atoms in total. The summed E-state index contributed by atoms with van der Waals surface area (Å²) >= 11 is 5.81. The summed E-state index contributed by atoms with van der Waals surface area (Å²) in [7, 11) is 0. The molecule has 0 aliphatic carbocycles. The maximum atomic E-state index is 12.4. The molecule has 114 valence electrons. The number of halogens is 1. The second-order valence-corrected chi connectivity index (χ2v) is 5.76.